The van der Waals surface area contributed by atoms with Gasteiger partial charge in [0.05, 0.1) is 12.7 Å². The second-order valence-electron chi connectivity index (χ2n) is 5.02. The average Bonchev–Trinajstić information content (AvgIpc) is 2.56. The van der Waals surface area contributed by atoms with E-state index in [1.807, 2.05) is 6.92 Å². The number of rotatable bonds is 9. The van der Waals surface area contributed by atoms with Crippen molar-refractivity contribution in [2.45, 2.75) is 25.9 Å². The molecule has 1 aromatic carbocycles. The lowest BCUT2D eigenvalue weighted by Gasteiger charge is -2.19. The normalized spacial score (nSPS) is 13.8. The predicted molar refractivity (Wildman–Crippen MR) is 81.4 cm³/mol. The van der Waals surface area contributed by atoms with Gasteiger partial charge in [-0.15, -0.1) is 0 Å². The molecule has 22 heavy (non-hydrogen) atoms. The predicted octanol–water partition coefficient (Wildman–Crippen LogP) is 1.57. The second kappa shape index (κ2) is 9.94. The highest BCUT2D eigenvalue weighted by atomic mass is 16.5. The fourth-order valence-electron chi connectivity index (χ4n) is 2.00. The minimum absolute atomic E-state index is 0.0195. The number of amides is 1. The van der Waals surface area contributed by atoms with Gasteiger partial charge in [0.15, 0.2) is 0 Å². The molecule has 6 nitrogen and oxygen atoms in total. The van der Waals surface area contributed by atoms with Crippen LogP contribution in [0.25, 0.3) is 0 Å². The molecule has 4 N–H and O–H groups in total. The van der Waals surface area contributed by atoms with Gasteiger partial charge in [-0.1, -0.05) is 25.1 Å². The van der Waals surface area contributed by atoms with Crippen LogP contribution in [0, 0.1) is 5.92 Å². The van der Waals surface area contributed by atoms with E-state index in [0.717, 1.165) is 5.56 Å². The van der Waals surface area contributed by atoms with E-state index in [2.05, 4.69) is 0 Å². The van der Waals surface area contributed by atoms with E-state index in [0.29, 0.717) is 18.6 Å². The van der Waals surface area contributed by atoms with E-state index in [1.54, 1.807) is 30.3 Å². The Kier molecular flexibility index (Phi) is 8.21. The Balaban J connectivity index is 2.46. The van der Waals surface area contributed by atoms with Gasteiger partial charge in [0.2, 0.25) is 0 Å². The monoisotopic (exact) mass is 309 g/mol. The molecule has 0 aliphatic carbocycles. The van der Waals surface area contributed by atoms with Crippen LogP contribution in [0.2, 0.25) is 0 Å². The molecule has 6 heteroatoms. The first-order chi connectivity index (χ1) is 10.6. The van der Waals surface area contributed by atoms with Gasteiger partial charge < -0.3 is 14.9 Å². The summed E-state index contributed by atoms with van der Waals surface area (Å²) < 4.78 is 5.26. The standard InChI is InChI=1S/C16H23NO5/c1-12(4-2-3-5-15(19)17-21)16(20)13-6-8-14(9-7-13)22-11-10-18/h3,5-9,12,16,18,20-21H,2,4,10-11H2,1H3,(H,17,19)/b5-3+/t12-,16+/m0/s1. The summed E-state index contributed by atoms with van der Waals surface area (Å²) >= 11 is 0. The number of allylic oxidation sites excluding steroid dienone is 1. The van der Waals surface area contributed by atoms with Crippen LogP contribution < -0.4 is 10.2 Å². The lowest BCUT2D eigenvalue weighted by Crippen LogP contribution is -2.15. The average molecular weight is 309 g/mol. The van der Waals surface area contributed by atoms with Crippen molar-refractivity contribution in [1.29, 1.82) is 0 Å². The summed E-state index contributed by atoms with van der Waals surface area (Å²) in [4.78, 5) is 10.8. The zero-order valence-corrected chi connectivity index (χ0v) is 12.6. The van der Waals surface area contributed by atoms with Crippen LogP contribution in [-0.4, -0.2) is 34.5 Å². The number of nitrogens with one attached hydrogen (secondary N) is 1. The third-order valence-electron chi connectivity index (χ3n) is 3.29. The molecular formula is C16H23NO5. The molecule has 0 saturated heterocycles. The molecule has 0 saturated carbocycles. The second-order valence-corrected chi connectivity index (χ2v) is 5.02. The molecule has 0 unspecified atom stereocenters. The summed E-state index contributed by atoms with van der Waals surface area (Å²) in [6, 6.07) is 7.10. The number of hydroxylamine groups is 1. The third kappa shape index (κ3) is 6.26. The van der Waals surface area contributed by atoms with Crippen LogP contribution in [-0.2, 0) is 4.79 Å². The molecule has 1 rings (SSSR count). The van der Waals surface area contributed by atoms with E-state index in [-0.39, 0.29) is 19.1 Å². The van der Waals surface area contributed by atoms with Crippen LogP contribution in [0.1, 0.15) is 31.4 Å². The molecule has 1 amide bonds. The molecule has 0 spiro atoms. The molecule has 122 valence electrons. The van der Waals surface area contributed by atoms with Crippen LogP contribution in [0.5, 0.6) is 5.75 Å². The SMILES string of the molecule is C[C@@H](CC/C=C/C(=O)NO)[C@@H](O)c1ccc(OCCO)cc1. The van der Waals surface area contributed by atoms with Crippen LogP contribution in [0.3, 0.4) is 0 Å². The Labute approximate surface area is 130 Å². The van der Waals surface area contributed by atoms with Crippen LogP contribution in [0.15, 0.2) is 36.4 Å². The fourth-order valence-corrected chi connectivity index (χ4v) is 2.00. The van der Waals surface area contributed by atoms with Gasteiger partial charge in [-0.05, 0) is 36.5 Å². The van der Waals surface area contributed by atoms with Gasteiger partial charge in [0.25, 0.3) is 5.91 Å². The highest BCUT2D eigenvalue weighted by Gasteiger charge is 2.15. The first kappa shape index (κ1) is 18.2. The van der Waals surface area contributed by atoms with Crippen molar-refractivity contribution in [1.82, 2.24) is 5.48 Å². The Morgan fingerprint density at radius 2 is 2.05 bits per heavy atom. The minimum atomic E-state index is -0.605. The highest BCUT2D eigenvalue weighted by molar-refractivity contribution is 5.86. The molecular weight excluding hydrogens is 286 g/mol. The molecule has 0 fully saturated rings. The maximum Gasteiger partial charge on any atom is 0.267 e. The minimum Gasteiger partial charge on any atom is -0.491 e. The van der Waals surface area contributed by atoms with Crippen LogP contribution in [0.4, 0.5) is 0 Å². The van der Waals surface area contributed by atoms with Gasteiger partial charge in [-0.25, -0.2) is 5.48 Å². The summed E-state index contributed by atoms with van der Waals surface area (Å²) in [6.45, 7) is 2.14. The van der Waals surface area contributed by atoms with E-state index >= 15 is 0 Å². The Bertz CT molecular complexity index is 472. The largest absolute Gasteiger partial charge is 0.491 e. The van der Waals surface area contributed by atoms with Crippen molar-refractivity contribution in [2.24, 2.45) is 5.92 Å². The molecule has 0 heterocycles. The van der Waals surface area contributed by atoms with Crippen LogP contribution >= 0.6 is 0 Å². The van der Waals surface area contributed by atoms with Gasteiger partial charge in [0.1, 0.15) is 12.4 Å². The van der Waals surface area contributed by atoms with Crippen molar-refractivity contribution < 1.29 is 25.0 Å². The molecule has 1 aromatic rings. The highest BCUT2D eigenvalue weighted by Crippen LogP contribution is 2.26. The first-order valence-electron chi connectivity index (χ1n) is 7.20. The summed E-state index contributed by atoms with van der Waals surface area (Å²) in [5.74, 6) is 0.105. The smallest absolute Gasteiger partial charge is 0.267 e. The Morgan fingerprint density at radius 1 is 1.36 bits per heavy atom. The molecule has 0 aliphatic rings. The van der Waals surface area contributed by atoms with Gasteiger partial charge >= 0.3 is 0 Å². The maximum absolute atomic E-state index is 10.8. The number of carbonyl (C=O) groups excluding carboxylic acids is 1. The zero-order valence-electron chi connectivity index (χ0n) is 12.6. The maximum atomic E-state index is 10.8. The summed E-state index contributed by atoms with van der Waals surface area (Å²) in [6.07, 6.45) is 3.64. The lowest BCUT2D eigenvalue weighted by atomic mass is 9.93. The number of ether oxygens (including phenoxy) is 1. The molecule has 0 aromatic heterocycles. The lowest BCUT2D eigenvalue weighted by molar-refractivity contribution is -0.124. The quantitative estimate of drug-likeness (QED) is 0.315. The number of aliphatic hydroxyl groups excluding tert-OH is 2. The van der Waals surface area contributed by atoms with Crippen molar-refractivity contribution in [3.8, 4) is 5.75 Å². The summed E-state index contributed by atoms with van der Waals surface area (Å²) in [7, 11) is 0. The number of aliphatic hydroxyl groups is 2. The van der Waals surface area contributed by atoms with Crippen molar-refractivity contribution in [3.63, 3.8) is 0 Å². The van der Waals surface area contributed by atoms with Gasteiger partial charge in [-0.3, -0.25) is 10.0 Å². The molecule has 2 atom stereocenters. The number of hydrogen-bond donors (Lipinski definition) is 4. The summed E-state index contributed by atoms with van der Waals surface area (Å²) in [5.41, 5.74) is 2.31. The topological polar surface area (TPSA) is 99.0 Å². The van der Waals surface area contributed by atoms with E-state index in [1.165, 1.54) is 11.6 Å². The Hall–Kier alpha value is -1.89. The number of hydrogen-bond acceptors (Lipinski definition) is 5. The fraction of sp³-hybridized carbons (Fsp3) is 0.438. The van der Waals surface area contributed by atoms with Gasteiger partial charge in [0, 0.05) is 6.08 Å². The van der Waals surface area contributed by atoms with Crippen molar-refractivity contribution in [3.05, 3.63) is 42.0 Å². The van der Waals surface area contributed by atoms with Crippen molar-refractivity contribution in [2.75, 3.05) is 13.2 Å². The van der Waals surface area contributed by atoms with E-state index in [4.69, 9.17) is 15.1 Å². The molecule has 0 bridgehead atoms. The van der Waals surface area contributed by atoms with E-state index < -0.39 is 12.0 Å². The number of carbonyl (C=O) groups is 1. The van der Waals surface area contributed by atoms with Gasteiger partial charge in [-0.2, -0.15) is 0 Å². The summed E-state index contributed by atoms with van der Waals surface area (Å²) in [5, 5.41) is 27.3. The zero-order chi connectivity index (χ0) is 16.4. The first-order valence-corrected chi connectivity index (χ1v) is 7.20. The van der Waals surface area contributed by atoms with E-state index in [9.17, 15) is 9.90 Å². The number of benzene rings is 1. The third-order valence-corrected chi connectivity index (χ3v) is 3.29. The molecule has 0 radical (unpaired) electrons. The van der Waals surface area contributed by atoms with Crippen molar-refractivity contribution >= 4 is 5.91 Å². The Morgan fingerprint density at radius 3 is 2.64 bits per heavy atom. The molecule has 0 aliphatic heterocycles.